The Morgan fingerprint density at radius 3 is 2.82 bits per heavy atom. The Morgan fingerprint density at radius 2 is 2.24 bits per heavy atom. The van der Waals surface area contributed by atoms with Crippen molar-refractivity contribution < 1.29 is 0 Å². The van der Waals surface area contributed by atoms with Crippen LogP contribution in [0.1, 0.15) is 38.7 Å². The van der Waals surface area contributed by atoms with Crippen molar-refractivity contribution in [2.24, 2.45) is 5.92 Å². The van der Waals surface area contributed by atoms with Crippen LogP contribution in [0.3, 0.4) is 0 Å². The zero-order valence-corrected chi connectivity index (χ0v) is 11.6. The highest BCUT2D eigenvalue weighted by Crippen LogP contribution is 2.08. The van der Waals surface area contributed by atoms with E-state index in [2.05, 4.69) is 49.1 Å². The zero-order chi connectivity index (χ0) is 12.8. The number of aromatic nitrogens is 2. The molecule has 1 aromatic heterocycles. The van der Waals surface area contributed by atoms with Crippen molar-refractivity contribution in [2.45, 2.75) is 47.2 Å². The summed E-state index contributed by atoms with van der Waals surface area (Å²) in [5, 5.41) is 3.46. The molecule has 96 valence electrons. The van der Waals surface area contributed by atoms with Crippen LogP contribution >= 0.6 is 0 Å². The molecule has 1 heterocycles. The van der Waals surface area contributed by atoms with Crippen molar-refractivity contribution in [3.05, 3.63) is 29.9 Å². The van der Waals surface area contributed by atoms with Crippen molar-refractivity contribution in [3.63, 3.8) is 0 Å². The van der Waals surface area contributed by atoms with Gasteiger partial charge in [0, 0.05) is 19.3 Å². The second-order valence-corrected chi connectivity index (χ2v) is 5.18. The molecule has 0 bridgehead atoms. The summed E-state index contributed by atoms with van der Waals surface area (Å²) in [5.41, 5.74) is 2.49. The van der Waals surface area contributed by atoms with Gasteiger partial charge in [0.15, 0.2) is 0 Å². The van der Waals surface area contributed by atoms with Gasteiger partial charge in [-0.2, -0.15) is 0 Å². The fourth-order valence-electron chi connectivity index (χ4n) is 1.75. The quantitative estimate of drug-likeness (QED) is 0.736. The highest BCUT2D eigenvalue weighted by Gasteiger charge is 2.06. The lowest BCUT2D eigenvalue weighted by molar-refractivity contribution is 0.531. The third-order valence-electron chi connectivity index (χ3n) is 2.76. The van der Waals surface area contributed by atoms with E-state index in [1.54, 1.807) is 0 Å². The molecule has 1 aromatic rings. The molecular weight excluding hydrogens is 210 g/mol. The minimum absolute atomic E-state index is 0.683. The molecule has 3 heteroatoms. The molecule has 0 atom stereocenters. The summed E-state index contributed by atoms with van der Waals surface area (Å²) in [7, 11) is 0. The normalized spacial score (nSPS) is 11.1. The Bertz CT molecular complexity index is 364. The number of hydrogen-bond acceptors (Lipinski definition) is 2. The van der Waals surface area contributed by atoms with Crippen LogP contribution in [-0.2, 0) is 13.1 Å². The molecule has 0 aromatic carbocycles. The molecule has 0 fully saturated rings. The molecule has 0 saturated carbocycles. The number of hydrogen-bond donors (Lipinski definition) is 1. The lowest BCUT2D eigenvalue weighted by Gasteiger charge is -2.12. The van der Waals surface area contributed by atoms with E-state index >= 15 is 0 Å². The van der Waals surface area contributed by atoms with Crippen molar-refractivity contribution in [1.29, 1.82) is 0 Å². The van der Waals surface area contributed by atoms with Crippen LogP contribution in [0.4, 0.5) is 0 Å². The Kier molecular flexibility index (Phi) is 5.42. The highest BCUT2D eigenvalue weighted by molar-refractivity contribution is 5.05. The van der Waals surface area contributed by atoms with Crippen LogP contribution in [0.25, 0.3) is 0 Å². The summed E-state index contributed by atoms with van der Waals surface area (Å²) < 4.78 is 2.28. The number of nitrogens with zero attached hydrogens (tertiary/aromatic N) is 2. The number of rotatable bonds is 7. The molecule has 0 aliphatic heterocycles. The van der Waals surface area contributed by atoms with Crippen LogP contribution in [0.5, 0.6) is 0 Å². The van der Waals surface area contributed by atoms with E-state index in [0.29, 0.717) is 5.92 Å². The number of aryl methyl sites for hydroxylation is 1. The average Bonchev–Trinajstić information content (AvgIpc) is 2.56. The van der Waals surface area contributed by atoms with Gasteiger partial charge < -0.3 is 9.88 Å². The maximum Gasteiger partial charge on any atom is 0.105 e. The van der Waals surface area contributed by atoms with Crippen molar-refractivity contribution >= 4 is 0 Å². The third kappa shape index (κ3) is 4.73. The third-order valence-corrected chi connectivity index (χ3v) is 2.76. The van der Waals surface area contributed by atoms with E-state index in [1.165, 1.54) is 11.3 Å². The number of imidazole rings is 1. The first-order valence-electron chi connectivity index (χ1n) is 6.36. The van der Waals surface area contributed by atoms with E-state index < -0.39 is 0 Å². The largest absolute Gasteiger partial charge is 0.331 e. The van der Waals surface area contributed by atoms with Gasteiger partial charge in [-0.15, -0.1) is 6.58 Å². The molecule has 0 spiro atoms. The van der Waals surface area contributed by atoms with Crippen LogP contribution < -0.4 is 5.32 Å². The Morgan fingerprint density at radius 1 is 1.53 bits per heavy atom. The van der Waals surface area contributed by atoms with Gasteiger partial charge in [0.1, 0.15) is 5.82 Å². The standard InChI is InChI=1S/C14H25N3/c1-11(2)6-7-17-13(5)16-10-14(17)9-15-8-12(3)4/h10,12,15H,1,6-9H2,2-5H3. The summed E-state index contributed by atoms with van der Waals surface area (Å²) in [6.45, 7) is 15.5. The van der Waals surface area contributed by atoms with Gasteiger partial charge >= 0.3 is 0 Å². The second kappa shape index (κ2) is 6.60. The minimum Gasteiger partial charge on any atom is -0.331 e. The molecule has 0 radical (unpaired) electrons. The van der Waals surface area contributed by atoms with Crippen molar-refractivity contribution in [3.8, 4) is 0 Å². The summed E-state index contributed by atoms with van der Waals surface area (Å²) in [6, 6.07) is 0. The maximum absolute atomic E-state index is 4.39. The molecule has 0 amide bonds. The first kappa shape index (κ1) is 14.0. The van der Waals surface area contributed by atoms with E-state index in [0.717, 1.165) is 31.9 Å². The average molecular weight is 235 g/mol. The second-order valence-electron chi connectivity index (χ2n) is 5.18. The predicted octanol–water partition coefficient (Wildman–Crippen LogP) is 2.90. The molecule has 0 aliphatic rings. The summed E-state index contributed by atoms with van der Waals surface area (Å²) in [6.07, 6.45) is 3.00. The summed E-state index contributed by atoms with van der Waals surface area (Å²) in [4.78, 5) is 4.39. The van der Waals surface area contributed by atoms with Crippen LogP contribution in [0, 0.1) is 12.8 Å². The first-order valence-corrected chi connectivity index (χ1v) is 6.36. The Labute approximate surface area is 105 Å². The van der Waals surface area contributed by atoms with E-state index in [-0.39, 0.29) is 0 Å². The molecule has 17 heavy (non-hydrogen) atoms. The van der Waals surface area contributed by atoms with E-state index in [9.17, 15) is 0 Å². The maximum atomic E-state index is 4.39. The van der Waals surface area contributed by atoms with Gasteiger partial charge in [0.25, 0.3) is 0 Å². The van der Waals surface area contributed by atoms with Crippen molar-refractivity contribution in [2.75, 3.05) is 6.54 Å². The smallest absolute Gasteiger partial charge is 0.105 e. The van der Waals surface area contributed by atoms with Gasteiger partial charge in [-0.3, -0.25) is 0 Å². The SMILES string of the molecule is C=C(C)CCn1c(CNCC(C)C)cnc1C. The van der Waals surface area contributed by atoms with Gasteiger partial charge in [-0.05, 0) is 32.7 Å². The lowest BCUT2D eigenvalue weighted by atomic mass is 10.2. The number of allylic oxidation sites excluding steroid dienone is 1. The molecule has 3 nitrogen and oxygen atoms in total. The highest BCUT2D eigenvalue weighted by atomic mass is 15.1. The molecule has 1 rings (SSSR count). The summed E-state index contributed by atoms with van der Waals surface area (Å²) in [5.74, 6) is 1.77. The molecule has 0 aliphatic carbocycles. The van der Waals surface area contributed by atoms with Gasteiger partial charge in [-0.25, -0.2) is 4.98 Å². The Balaban J connectivity index is 2.56. The fourth-order valence-corrected chi connectivity index (χ4v) is 1.75. The first-order chi connectivity index (χ1) is 8.00. The van der Waals surface area contributed by atoms with Crippen molar-refractivity contribution in [1.82, 2.24) is 14.9 Å². The lowest BCUT2D eigenvalue weighted by Crippen LogP contribution is -2.21. The fraction of sp³-hybridized carbons (Fsp3) is 0.643. The zero-order valence-electron chi connectivity index (χ0n) is 11.6. The molecular formula is C14H25N3. The van der Waals surface area contributed by atoms with E-state index in [4.69, 9.17) is 0 Å². The van der Waals surface area contributed by atoms with Gasteiger partial charge in [0.2, 0.25) is 0 Å². The Hall–Kier alpha value is -1.09. The topological polar surface area (TPSA) is 29.9 Å². The number of nitrogens with one attached hydrogen (secondary N) is 1. The van der Waals surface area contributed by atoms with Crippen LogP contribution in [0.15, 0.2) is 18.3 Å². The van der Waals surface area contributed by atoms with Crippen LogP contribution in [0.2, 0.25) is 0 Å². The van der Waals surface area contributed by atoms with Crippen LogP contribution in [-0.4, -0.2) is 16.1 Å². The van der Waals surface area contributed by atoms with E-state index in [1.807, 2.05) is 6.20 Å². The molecule has 1 N–H and O–H groups in total. The molecule has 0 saturated heterocycles. The molecule has 0 unspecified atom stereocenters. The predicted molar refractivity (Wildman–Crippen MR) is 72.9 cm³/mol. The van der Waals surface area contributed by atoms with Gasteiger partial charge in [-0.1, -0.05) is 19.4 Å². The summed E-state index contributed by atoms with van der Waals surface area (Å²) >= 11 is 0. The monoisotopic (exact) mass is 235 g/mol. The van der Waals surface area contributed by atoms with Gasteiger partial charge in [0.05, 0.1) is 5.69 Å². The minimum atomic E-state index is 0.683.